The van der Waals surface area contributed by atoms with Gasteiger partial charge in [-0.3, -0.25) is 4.90 Å². The van der Waals surface area contributed by atoms with E-state index in [0.29, 0.717) is 6.04 Å². The summed E-state index contributed by atoms with van der Waals surface area (Å²) in [6.07, 6.45) is 0. The van der Waals surface area contributed by atoms with E-state index in [-0.39, 0.29) is 17.6 Å². The maximum atomic E-state index is 9.30. The first-order chi connectivity index (χ1) is 6.67. The zero-order valence-corrected chi connectivity index (χ0v) is 11.4. The summed E-state index contributed by atoms with van der Waals surface area (Å²) in [5.74, 6) is 0. The Balaban J connectivity index is 4.46. The van der Waals surface area contributed by atoms with Crippen molar-refractivity contribution in [2.75, 3.05) is 27.2 Å². The SMILES string of the molecule is CNC(C)C(C)(C)CN(C)C(C)(C)CO. The van der Waals surface area contributed by atoms with Gasteiger partial charge in [-0.05, 0) is 40.3 Å². The van der Waals surface area contributed by atoms with Crippen molar-refractivity contribution >= 4 is 0 Å². The van der Waals surface area contributed by atoms with Crippen LogP contribution in [0.25, 0.3) is 0 Å². The van der Waals surface area contributed by atoms with Gasteiger partial charge in [0.1, 0.15) is 0 Å². The lowest BCUT2D eigenvalue weighted by molar-refractivity contribution is 0.0414. The van der Waals surface area contributed by atoms with Gasteiger partial charge < -0.3 is 10.4 Å². The Morgan fingerprint density at radius 2 is 1.73 bits per heavy atom. The summed E-state index contributed by atoms with van der Waals surface area (Å²) < 4.78 is 0. The van der Waals surface area contributed by atoms with Crippen molar-refractivity contribution in [3.05, 3.63) is 0 Å². The van der Waals surface area contributed by atoms with Gasteiger partial charge in [-0.15, -0.1) is 0 Å². The lowest BCUT2D eigenvalue weighted by Gasteiger charge is -2.42. The Kier molecular flexibility index (Phi) is 5.24. The van der Waals surface area contributed by atoms with E-state index in [4.69, 9.17) is 0 Å². The van der Waals surface area contributed by atoms with Gasteiger partial charge in [0.25, 0.3) is 0 Å². The molecule has 1 unspecified atom stereocenters. The van der Waals surface area contributed by atoms with Crippen molar-refractivity contribution in [3.8, 4) is 0 Å². The summed E-state index contributed by atoms with van der Waals surface area (Å²) in [6.45, 7) is 12.0. The Bertz CT molecular complexity index is 190. The van der Waals surface area contributed by atoms with Gasteiger partial charge in [-0.1, -0.05) is 13.8 Å². The second-order valence-corrected chi connectivity index (χ2v) is 5.83. The summed E-state index contributed by atoms with van der Waals surface area (Å²) in [6, 6.07) is 0.453. The van der Waals surface area contributed by atoms with Gasteiger partial charge in [0.15, 0.2) is 0 Å². The number of nitrogens with zero attached hydrogens (tertiary/aromatic N) is 1. The van der Waals surface area contributed by atoms with Crippen LogP contribution in [-0.2, 0) is 0 Å². The Morgan fingerprint density at radius 3 is 2.07 bits per heavy atom. The van der Waals surface area contributed by atoms with E-state index < -0.39 is 0 Å². The third-order valence-electron chi connectivity index (χ3n) is 3.67. The molecule has 0 rings (SSSR count). The number of likely N-dealkylation sites (N-methyl/N-ethyl adjacent to an activating group) is 1. The maximum absolute atomic E-state index is 9.30. The summed E-state index contributed by atoms with van der Waals surface area (Å²) >= 11 is 0. The lowest BCUT2D eigenvalue weighted by Crippen LogP contribution is -2.52. The predicted octanol–water partition coefficient (Wildman–Crippen LogP) is 1.32. The molecule has 0 saturated carbocycles. The van der Waals surface area contributed by atoms with Crippen LogP contribution < -0.4 is 5.32 Å². The van der Waals surface area contributed by atoms with Gasteiger partial charge in [-0.25, -0.2) is 0 Å². The van der Waals surface area contributed by atoms with Crippen LogP contribution in [0.3, 0.4) is 0 Å². The van der Waals surface area contributed by atoms with E-state index in [0.717, 1.165) is 6.54 Å². The lowest BCUT2D eigenvalue weighted by atomic mass is 9.84. The molecule has 1 atom stereocenters. The molecular weight excluding hydrogens is 188 g/mol. The van der Waals surface area contributed by atoms with E-state index in [9.17, 15) is 5.11 Å². The summed E-state index contributed by atoms with van der Waals surface area (Å²) in [4.78, 5) is 2.22. The zero-order chi connectivity index (χ0) is 12.3. The Hall–Kier alpha value is -0.120. The van der Waals surface area contributed by atoms with Crippen molar-refractivity contribution in [1.82, 2.24) is 10.2 Å². The summed E-state index contributed by atoms with van der Waals surface area (Å²) in [7, 11) is 4.06. The molecular formula is C12H28N2O. The van der Waals surface area contributed by atoms with Crippen molar-refractivity contribution in [2.24, 2.45) is 5.41 Å². The average Bonchev–Trinajstić information content (AvgIpc) is 2.15. The summed E-state index contributed by atoms with van der Waals surface area (Å²) in [5, 5.41) is 12.6. The van der Waals surface area contributed by atoms with Crippen LogP contribution in [-0.4, -0.2) is 48.8 Å². The van der Waals surface area contributed by atoms with E-state index in [2.05, 4.69) is 51.9 Å². The van der Waals surface area contributed by atoms with Gasteiger partial charge in [-0.2, -0.15) is 0 Å². The Labute approximate surface area is 94.9 Å². The van der Waals surface area contributed by atoms with E-state index >= 15 is 0 Å². The van der Waals surface area contributed by atoms with Crippen LogP contribution in [0.1, 0.15) is 34.6 Å². The molecule has 0 fully saturated rings. The fraction of sp³-hybridized carbons (Fsp3) is 1.00. The first kappa shape index (κ1) is 14.9. The van der Waals surface area contributed by atoms with Crippen LogP contribution in [0.15, 0.2) is 0 Å². The molecule has 0 radical (unpaired) electrons. The smallest absolute Gasteiger partial charge is 0.0609 e. The molecule has 92 valence electrons. The molecule has 0 spiro atoms. The predicted molar refractivity (Wildman–Crippen MR) is 66.1 cm³/mol. The molecule has 0 aliphatic rings. The largest absolute Gasteiger partial charge is 0.394 e. The molecule has 0 aliphatic carbocycles. The van der Waals surface area contributed by atoms with Crippen LogP contribution in [0.5, 0.6) is 0 Å². The molecule has 3 heteroatoms. The van der Waals surface area contributed by atoms with Gasteiger partial charge >= 0.3 is 0 Å². The highest BCUT2D eigenvalue weighted by Crippen LogP contribution is 2.24. The third-order valence-corrected chi connectivity index (χ3v) is 3.67. The first-order valence-electron chi connectivity index (χ1n) is 5.67. The van der Waals surface area contributed by atoms with Crippen molar-refractivity contribution in [3.63, 3.8) is 0 Å². The second kappa shape index (κ2) is 5.28. The van der Waals surface area contributed by atoms with E-state index in [1.54, 1.807) is 0 Å². The number of hydrogen-bond donors (Lipinski definition) is 2. The van der Waals surface area contributed by atoms with Crippen LogP contribution in [0.2, 0.25) is 0 Å². The van der Waals surface area contributed by atoms with Crippen LogP contribution in [0.4, 0.5) is 0 Å². The van der Waals surface area contributed by atoms with Gasteiger partial charge in [0.2, 0.25) is 0 Å². The van der Waals surface area contributed by atoms with E-state index in [1.807, 2.05) is 7.05 Å². The van der Waals surface area contributed by atoms with Crippen molar-refractivity contribution in [1.29, 1.82) is 0 Å². The fourth-order valence-corrected chi connectivity index (χ4v) is 1.47. The van der Waals surface area contributed by atoms with Gasteiger partial charge in [0, 0.05) is 18.1 Å². The summed E-state index contributed by atoms with van der Waals surface area (Å²) in [5.41, 5.74) is 0.0423. The van der Waals surface area contributed by atoms with E-state index in [1.165, 1.54) is 0 Å². The quantitative estimate of drug-likeness (QED) is 0.703. The minimum absolute atomic E-state index is 0.148. The monoisotopic (exact) mass is 216 g/mol. The maximum Gasteiger partial charge on any atom is 0.0609 e. The molecule has 0 aromatic rings. The molecule has 0 saturated heterocycles. The molecule has 0 aromatic heterocycles. The molecule has 15 heavy (non-hydrogen) atoms. The number of rotatable bonds is 6. The highest BCUT2D eigenvalue weighted by atomic mass is 16.3. The first-order valence-corrected chi connectivity index (χ1v) is 5.67. The van der Waals surface area contributed by atoms with Crippen molar-refractivity contribution < 1.29 is 5.11 Å². The van der Waals surface area contributed by atoms with Crippen LogP contribution >= 0.6 is 0 Å². The number of aliphatic hydroxyl groups excluding tert-OH is 1. The molecule has 3 nitrogen and oxygen atoms in total. The molecule has 0 bridgehead atoms. The Morgan fingerprint density at radius 1 is 1.27 bits per heavy atom. The fourth-order valence-electron chi connectivity index (χ4n) is 1.47. The van der Waals surface area contributed by atoms with Crippen LogP contribution in [0, 0.1) is 5.41 Å². The standard InChI is InChI=1S/C12H28N2O/c1-10(13-6)11(2,3)8-14(7)12(4,5)9-15/h10,13,15H,8-9H2,1-7H3. The third kappa shape index (κ3) is 4.09. The number of nitrogens with one attached hydrogen (secondary N) is 1. The molecule has 0 amide bonds. The molecule has 0 aliphatic heterocycles. The molecule has 0 heterocycles. The highest BCUT2D eigenvalue weighted by Gasteiger charge is 2.31. The average molecular weight is 216 g/mol. The number of hydrogen-bond acceptors (Lipinski definition) is 3. The normalized spacial score (nSPS) is 15.8. The number of aliphatic hydroxyl groups is 1. The molecule has 2 N–H and O–H groups in total. The minimum Gasteiger partial charge on any atom is -0.394 e. The minimum atomic E-state index is -0.148. The zero-order valence-electron chi connectivity index (χ0n) is 11.4. The molecule has 0 aromatic carbocycles. The topological polar surface area (TPSA) is 35.5 Å². The second-order valence-electron chi connectivity index (χ2n) is 5.83. The van der Waals surface area contributed by atoms with Gasteiger partial charge in [0.05, 0.1) is 6.61 Å². The highest BCUT2D eigenvalue weighted by molar-refractivity contribution is 4.87. The van der Waals surface area contributed by atoms with Crippen molar-refractivity contribution in [2.45, 2.75) is 46.2 Å².